The van der Waals surface area contributed by atoms with Crippen molar-refractivity contribution < 1.29 is 4.79 Å². The minimum absolute atomic E-state index is 0.205. The smallest absolute Gasteiger partial charge is 0.217 e. The van der Waals surface area contributed by atoms with E-state index in [4.69, 9.17) is 11.5 Å². The molecular weight excluding hydrogens is 140 g/mol. The number of nitrogens with two attached hydrogens (primary N) is 2. The summed E-state index contributed by atoms with van der Waals surface area (Å²) in [6.45, 7) is 0. The summed E-state index contributed by atoms with van der Waals surface area (Å²) in [4.78, 5) is 10.6. The highest BCUT2D eigenvalue weighted by Crippen LogP contribution is 2.24. The Hall–Kier alpha value is -0.570. The topological polar surface area (TPSA) is 69.1 Å². The summed E-state index contributed by atoms with van der Waals surface area (Å²) in [6.07, 6.45) is 5.01. The maximum atomic E-state index is 10.6. The van der Waals surface area contributed by atoms with Gasteiger partial charge in [-0.25, -0.2) is 0 Å². The van der Waals surface area contributed by atoms with Crippen LogP contribution in [0.2, 0.25) is 0 Å². The number of rotatable bonds is 2. The van der Waals surface area contributed by atoms with Crippen molar-refractivity contribution in [3.05, 3.63) is 0 Å². The van der Waals surface area contributed by atoms with E-state index in [0.717, 1.165) is 12.8 Å². The molecule has 4 N–H and O–H groups in total. The molecular formula is C8H16N2O. The Morgan fingerprint density at radius 1 is 1.36 bits per heavy atom. The molecule has 0 heterocycles. The first-order valence-corrected chi connectivity index (χ1v) is 4.24. The zero-order valence-corrected chi connectivity index (χ0v) is 6.75. The number of hydrogen-bond acceptors (Lipinski definition) is 2. The lowest BCUT2D eigenvalue weighted by molar-refractivity contribution is -0.119. The van der Waals surface area contributed by atoms with Crippen molar-refractivity contribution in [2.45, 2.75) is 38.1 Å². The first-order chi connectivity index (χ1) is 5.20. The second kappa shape index (κ2) is 3.72. The van der Waals surface area contributed by atoms with Gasteiger partial charge in [0.1, 0.15) is 0 Å². The fraction of sp³-hybridized carbons (Fsp3) is 0.875. The van der Waals surface area contributed by atoms with Crippen molar-refractivity contribution in [2.24, 2.45) is 17.4 Å². The zero-order chi connectivity index (χ0) is 8.27. The molecule has 2 unspecified atom stereocenters. The maximum absolute atomic E-state index is 10.6. The molecule has 3 heteroatoms. The largest absolute Gasteiger partial charge is 0.370 e. The molecule has 0 aromatic heterocycles. The third kappa shape index (κ3) is 2.50. The van der Waals surface area contributed by atoms with Crippen molar-refractivity contribution in [3.8, 4) is 0 Å². The third-order valence-corrected chi connectivity index (χ3v) is 2.43. The van der Waals surface area contributed by atoms with Crippen LogP contribution in [0.5, 0.6) is 0 Å². The fourth-order valence-electron chi connectivity index (χ4n) is 1.75. The van der Waals surface area contributed by atoms with Crippen LogP contribution in [-0.4, -0.2) is 11.9 Å². The molecule has 0 spiro atoms. The minimum Gasteiger partial charge on any atom is -0.370 e. The van der Waals surface area contributed by atoms with E-state index in [1.165, 1.54) is 12.8 Å². The number of amides is 1. The van der Waals surface area contributed by atoms with Gasteiger partial charge in [0.25, 0.3) is 0 Å². The van der Waals surface area contributed by atoms with E-state index >= 15 is 0 Å². The average Bonchev–Trinajstić information content (AvgIpc) is 1.93. The van der Waals surface area contributed by atoms with E-state index in [-0.39, 0.29) is 11.9 Å². The average molecular weight is 156 g/mol. The van der Waals surface area contributed by atoms with E-state index in [2.05, 4.69) is 0 Å². The number of primary amides is 1. The monoisotopic (exact) mass is 156 g/mol. The Labute approximate surface area is 67.1 Å². The molecule has 2 atom stereocenters. The lowest BCUT2D eigenvalue weighted by Crippen LogP contribution is -2.35. The van der Waals surface area contributed by atoms with Gasteiger partial charge in [0, 0.05) is 12.5 Å². The molecule has 1 fully saturated rings. The van der Waals surface area contributed by atoms with E-state index in [1.54, 1.807) is 0 Å². The molecule has 0 radical (unpaired) electrons. The van der Waals surface area contributed by atoms with Crippen LogP contribution in [0.15, 0.2) is 0 Å². The van der Waals surface area contributed by atoms with Crippen LogP contribution in [-0.2, 0) is 4.79 Å². The number of hydrogen-bond donors (Lipinski definition) is 2. The first kappa shape index (κ1) is 8.53. The third-order valence-electron chi connectivity index (χ3n) is 2.43. The summed E-state index contributed by atoms with van der Waals surface area (Å²) in [5.74, 6) is 0.133. The molecule has 0 aromatic carbocycles. The molecule has 64 valence electrons. The van der Waals surface area contributed by atoms with Gasteiger partial charge in [-0.1, -0.05) is 12.8 Å². The van der Waals surface area contributed by atoms with E-state index in [0.29, 0.717) is 12.3 Å². The van der Waals surface area contributed by atoms with Crippen molar-refractivity contribution in [1.82, 2.24) is 0 Å². The SMILES string of the molecule is NC(=O)CC1CCCCC1N. The highest BCUT2D eigenvalue weighted by molar-refractivity contribution is 5.74. The van der Waals surface area contributed by atoms with Gasteiger partial charge >= 0.3 is 0 Å². The highest BCUT2D eigenvalue weighted by atomic mass is 16.1. The van der Waals surface area contributed by atoms with Crippen LogP contribution in [0.25, 0.3) is 0 Å². The fourth-order valence-corrected chi connectivity index (χ4v) is 1.75. The Morgan fingerprint density at radius 2 is 2.00 bits per heavy atom. The van der Waals surface area contributed by atoms with Gasteiger partial charge in [-0.15, -0.1) is 0 Å². The molecule has 0 bridgehead atoms. The second-order valence-electron chi connectivity index (χ2n) is 3.38. The molecule has 0 aromatic rings. The summed E-state index contributed by atoms with van der Waals surface area (Å²) < 4.78 is 0. The maximum Gasteiger partial charge on any atom is 0.217 e. The van der Waals surface area contributed by atoms with Gasteiger partial charge < -0.3 is 11.5 Å². The Morgan fingerprint density at radius 3 is 2.55 bits per heavy atom. The lowest BCUT2D eigenvalue weighted by Gasteiger charge is -2.27. The molecule has 1 rings (SSSR count). The van der Waals surface area contributed by atoms with E-state index < -0.39 is 0 Å². The van der Waals surface area contributed by atoms with Gasteiger partial charge in [0.05, 0.1) is 0 Å². The van der Waals surface area contributed by atoms with Gasteiger partial charge in [0.15, 0.2) is 0 Å². The Kier molecular flexibility index (Phi) is 2.88. The Bertz CT molecular complexity index is 147. The van der Waals surface area contributed by atoms with Gasteiger partial charge in [0.2, 0.25) is 5.91 Å². The van der Waals surface area contributed by atoms with Crippen molar-refractivity contribution >= 4 is 5.91 Å². The van der Waals surface area contributed by atoms with E-state index in [1.807, 2.05) is 0 Å². The van der Waals surface area contributed by atoms with Crippen LogP contribution in [0.3, 0.4) is 0 Å². The van der Waals surface area contributed by atoms with Gasteiger partial charge in [-0.05, 0) is 18.8 Å². The standard InChI is InChI=1S/C8H16N2O/c9-7-4-2-1-3-6(7)5-8(10)11/h6-7H,1-5,9H2,(H2,10,11). The molecule has 11 heavy (non-hydrogen) atoms. The van der Waals surface area contributed by atoms with Gasteiger partial charge in [-0.2, -0.15) is 0 Å². The predicted octanol–water partition coefficient (Wildman–Crippen LogP) is 0.379. The summed E-state index contributed by atoms with van der Waals surface area (Å²) in [6, 6.07) is 0.205. The molecule has 1 aliphatic rings. The molecule has 3 nitrogen and oxygen atoms in total. The van der Waals surface area contributed by atoms with Crippen molar-refractivity contribution in [2.75, 3.05) is 0 Å². The molecule has 0 aliphatic heterocycles. The molecule has 0 saturated heterocycles. The summed E-state index contributed by atoms with van der Waals surface area (Å²) in [5.41, 5.74) is 10.9. The van der Waals surface area contributed by atoms with Crippen molar-refractivity contribution in [3.63, 3.8) is 0 Å². The van der Waals surface area contributed by atoms with Crippen molar-refractivity contribution in [1.29, 1.82) is 0 Å². The summed E-state index contributed by atoms with van der Waals surface area (Å²) in [5, 5.41) is 0. The van der Waals surface area contributed by atoms with Crippen LogP contribution in [0, 0.1) is 5.92 Å². The van der Waals surface area contributed by atoms with Crippen LogP contribution in [0.1, 0.15) is 32.1 Å². The molecule has 1 saturated carbocycles. The summed E-state index contributed by atoms with van der Waals surface area (Å²) >= 11 is 0. The Balaban J connectivity index is 2.35. The second-order valence-corrected chi connectivity index (χ2v) is 3.38. The number of carbonyl (C=O) groups is 1. The quantitative estimate of drug-likeness (QED) is 0.606. The highest BCUT2D eigenvalue weighted by Gasteiger charge is 2.22. The van der Waals surface area contributed by atoms with Crippen LogP contribution >= 0.6 is 0 Å². The number of carbonyl (C=O) groups excluding carboxylic acids is 1. The van der Waals surface area contributed by atoms with Gasteiger partial charge in [-0.3, -0.25) is 4.79 Å². The lowest BCUT2D eigenvalue weighted by atomic mass is 9.83. The molecule has 1 amide bonds. The summed E-state index contributed by atoms with van der Waals surface area (Å²) in [7, 11) is 0. The van der Waals surface area contributed by atoms with Crippen LogP contribution in [0.4, 0.5) is 0 Å². The first-order valence-electron chi connectivity index (χ1n) is 4.24. The zero-order valence-electron chi connectivity index (χ0n) is 6.75. The van der Waals surface area contributed by atoms with Crippen LogP contribution < -0.4 is 11.5 Å². The normalized spacial score (nSPS) is 31.7. The van der Waals surface area contributed by atoms with E-state index in [9.17, 15) is 4.79 Å². The molecule has 1 aliphatic carbocycles. The minimum atomic E-state index is -0.215. The predicted molar refractivity (Wildman–Crippen MR) is 43.7 cm³/mol.